The molecule has 22 nitrogen and oxygen atoms in total. The molecule has 22 heteroatoms. The summed E-state index contributed by atoms with van der Waals surface area (Å²) < 4.78 is 6.32. The van der Waals surface area contributed by atoms with Gasteiger partial charge in [0.1, 0.15) is 11.5 Å². The zero-order chi connectivity index (χ0) is 85.1. The smallest absolute Gasteiger partial charge is 0.246 e. The Hall–Kier alpha value is -16.9. The Kier molecular flexibility index (Phi) is 22.7. The maximum atomic E-state index is 6.32. The number of aliphatic imine (C=N–C) groups is 12. The third-order valence-electron chi connectivity index (χ3n) is 21.8. The van der Waals surface area contributed by atoms with Gasteiger partial charge in [0.15, 0.2) is 0 Å². The SMILES string of the molecule is CCC(C)c1ccc(Nc2ccc(N(C3=NC4=NC(N(c5ccccc5)c5ccccc5)=NC5=NC(N(c6ccccc6)c6ccccc6)=NC(=N3)N54)c3ccccc3)cc2)cc1.CCC(C)c1ccc(Oc2ccc(N(C3=NC4=NC(N(c5ccccc5)c5ccccc5)=NC5=NC(N(c6ccccc6)c6ccccc6)=NC(=N3)N54)c3ccccc3)cc2)cc1. The maximum absolute atomic E-state index is 6.32. The molecule has 20 rings (SSSR count). The normalized spacial score (nSPS) is 14.4. The second-order valence-corrected chi connectivity index (χ2v) is 30.1. The third kappa shape index (κ3) is 16.9. The van der Waals surface area contributed by atoms with Crippen LogP contribution in [-0.2, 0) is 0 Å². The number of benzene rings is 14. The van der Waals surface area contributed by atoms with Gasteiger partial charge in [-0.15, -0.1) is 0 Å². The van der Waals surface area contributed by atoms with Crippen LogP contribution in [0.25, 0.3) is 0 Å². The van der Waals surface area contributed by atoms with E-state index in [0.717, 1.165) is 98.2 Å². The Morgan fingerprint density at radius 3 is 0.579 bits per heavy atom. The van der Waals surface area contributed by atoms with E-state index >= 15 is 0 Å². The second kappa shape index (κ2) is 36.2. The van der Waals surface area contributed by atoms with E-state index in [1.165, 1.54) is 11.1 Å². The first-order chi connectivity index (χ1) is 62.2. The molecule has 2 unspecified atom stereocenters. The number of ether oxygens (including phenoxy) is 1. The number of para-hydroxylation sites is 10. The van der Waals surface area contributed by atoms with Gasteiger partial charge in [-0.25, -0.2) is 9.80 Å². The minimum absolute atomic E-state index is 0.311. The van der Waals surface area contributed by atoms with Gasteiger partial charge < -0.3 is 10.1 Å². The van der Waals surface area contributed by atoms with Crippen LogP contribution in [0.2, 0.25) is 0 Å². The van der Waals surface area contributed by atoms with Crippen molar-refractivity contribution in [2.45, 2.75) is 52.4 Å². The minimum atomic E-state index is 0.311. The Morgan fingerprint density at radius 1 is 0.214 bits per heavy atom. The third-order valence-corrected chi connectivity index (χ3v) is 21.8. The van der Waals surface area contributed by atoms with Gasteiger partial charge in [0, 0.05) is 79.6 Å². The van der Waals surface area contributed by atoms with E-state index in [0.29, 0.717) is 89.1 Å². The highest BCUT2D eigenvalue weighted by atomic mass is 16.5. The van der Waals surface area contributed by atoms with Gasteiger partial charge in [0.05, 0.1) is 0 Å². The van der Waals surface area contributed by atoms with Crippen molar-refractivity contribution in [2.24, 2.45) is 59.9 Å². The summed E-state index contributed by atoms with van der Waals surface area (Å²) in [5.41, 5.74) is 14.9. The highest BCUT2D eigenvalue weighted by Gasteiger charge is 2.42. The number of nitrogens with one attached hydrogen (secondary N) is 1. The van der Waals surface area contributed by atoms with E-state index in [-0.39, 0.29) is 0 Å². The van der Waals surface area contributed by atoms with Crippen LogP contribution in [0, 0.1) is 0 Å². The van der Waals surface area contributed by atoms with Gasteiger partial charge in [-0.1, -0.05) is 234 Å². The largest absolute Gasteiger partial charge is 0.457 e. The summed E-state index contributed by atoms with van der Waals surface area (Å²) in [5, 5.41) is 3.57. The topological polar surface area (TPSA) is 196 Å². The molecule has 0 radical (unpaired) electrons. The number of nitrogens with zero attached hydrogens (tertiary/aromatic N) is 20. The van der Waals surface area contributed by atoms with Gasteiger partial charge >= 0.3 is 0 Å². The Balaban J connectivity index is 0.000000165. The molecule has 6 heterocycles. The Bertz CT molecular complexity index is 5880. The summed E-state index contributed by atoms with van der Waals surface area (Å²) in [5.74, 6) is 6.63. The molecule has 2 atom stereocenters. The fourth-order valence-corrected chi connectivity index (χ4v) is 15.1. The molecule has 0 saturated heterocycles. The number of rotatable bonds is 20. The monoisotopic (exact) mass is 1640 g/mol. The van der Waals surface area contributed by atoms with E-state index in [1.54, 1.807) is 9.80 Å². The predicted octanol–water partition coefficient (Wildman–Crippen LogP) is 24.5. The molecule has 14 aromatic carbocycles. The van der Waals surface area contributed by atoms with E-state index in [9.17, 15) is 0 Å². The second-order valence-electron chi connectivity index (χ2n) is 30.1. The van der Waals surface area contributed by atoms with Crippen LogP contribution in [0.15, 0.2) is 460 Å². The summed E-state index contributed by atoms with van der Waals surface area (Å²) in [6.07, 6.45) is 2.18. The molecule has 0 bridgehead atoms. The molecule has 0 aliphatic carbocycles. The molecule has 612 valence electrons. The van der Waals surface area contributed by atoms with Crippen LogP contribution < -0.4 is 39.5 Å². The van der Waals surface area contributed by atoms with E-state index in [2.05, 4.69) is 93.7 Å². The van der Waals surface area contributed by atoms with Crippen molar-refractivity contribution in [1.29, 1.82) is 0 Å². The lowest BCUT2D eigenvalue weighted by Gasteiger charge is -2.36. The molecule has 0 aromatic heterocycles. The van der Waals surface area contributed by atoms with Crippen molar-refractivity contribution in [1.82, 2.24) is 9.80 Å². The van der Waals surface area contributed by atoms with Crippen LogP contribution in [0.3, 0.4) is 0 Å². The standard InChI is InChI=1S/C52H43N11.C52H42N10O/c1-3-37(2)38-29-31-39(32-30-38)53-40-33-35-46(36-34-40)62(45-27-17-8-18-28-45)49-58-51-56-47(60(41-19-9-4-10-20-41)42-21-11-5-12-22-42)54-50-55-48(57-52(59-49)63(50)51)61(43-23-13-6-14-24-43)44-25-15-7-16-26-44;1-3-37(2)38-29-33-45(34-30-38)63-46-35-31-44(32-36-46)61(43-27-17-8-18-28-43)49-57-51-55-47(59(39-19-9-4-10-20-39)40-21-11-5-12-22-40)53-50-54-48(56-52(58-49)62(50)51)60(41-23-13-6-14-24-41)42-25-15-7-16-26-42/h4-37,53H,3H2,1-2H3;4-37H,3H2,1-2H3. The van der Waals surface area contributed by atoms with Crippen LogP contribution in [0.1, 0.15) is 63.5 Å². The molecule has 0 amide bonds. The number of guanidine groups is 12. The van der Waals surface area contributed by atoms with Gasteiger partial charge in [0.25, 0.3) is 0 Å². The Morgan fingerprint density at radius 2 is 0.381 bits per heavy atom. The summed E-state index contributed by atoms with van der Waals surface area (Å²) in [6, 6.07) is 134. The number of hydrogen-bond donors (Lipinski definition) is 1. The van der Waals surface area contributed by atoms with Gasteiger partial charge in [-0.05, 0) is 230 Å². The molecule has 0 saturated carbocycles. The van der Waals surface area contributed by atoms with E-state index < -0.39 is 0 Å². The summed E-state index contributed by atoms with van der Waals surface area (Å²) in [4.78, 5) is 77.5. The minimum Gasteiger partial charge on any atom is -0.457 e. The molecule has 1 N–H and O–H groups in total. The van der Waals surface area contributed by atoms with Gasteiger partial charge in [-0.3, -0.25) is 29.4 Å². The lowest BCUT2D eigenvalue weighted by molar-refractivity contribution is 0.482. The lowest BCUT2D eigenvalue weighted by Crippen LogP contribution is -2.51. The van der Waals surface area contributed by atoms with Gasteiger partial charge in [0.2, 0.25) is 71.5 Å². The lowest BCUT2D eigenvalue weighted by atomic mass is 9.98. The summed E-state index contributed by atoms with van der Waals surface area (Å²) in [7, 11) is 0. The first-order valence-electron chi connectivity index (χ1n) is 42.0. The molecule has 0 fully saturated rings. The van der Waals surface area contributed by atoms with Crippen molar-refractivity contribution in [3.05, 3.63) is 412 Å². The predicted molar refractivity (Wildman–Crippen MR) is 517 cm³/mol. The quantitative estimate of drug-likeness (QED) is 0.0767. The maximum Gasteiger partial charge on any atom is 0.246 e. The van der Waals surface area contributed by atoms with Crippen LogP contribution in [0.4, 0.5) is 79.6 Å². The van der Waals surface area contributed by atoms with Crippen LogP contribution >= 0.6 is 0 Å². The number of hydrogen-bond acceptors (Lipinski definition) is 22. The van der Waals surface area contributed by atoms with Crippen molar-refractivity contribution in [3.8, 4) is 11.5 Å². The first kappa shape index (κ1) is 78.9. The van der Waals surface area contributed by atoms with Crippen molar-refractivity contribution in [3.63, 3.8) is 0 Å². The average molecular weight is 1640 g/mol. The van der Waals surface area contributed by atoms with Crippen molar-refractivity contribution < 1.29 is 4.74 Å². The van der Waals surface area contributed by atoms with Crippen molar-refractivity contribution >= 4 is 151 Å². The highest BCUT2D eigenvalue weighted by molar-refractivity contribution is 6.36. The zero-order valence-electron chi connectivity index (χ0n) is 69.5. The fourth-order valence-electron chi connectivity index (χ4n) is 15.1. The summed E-state index contributed by atoms with van der Waals surface area (Å²) in [6.45, 7) is 8.91. The molecule has 0 spiro atoms. The number of anilines is 14. The van der Waals surface area contributed by atoms with E-state index in [4.69, 9.17) is 64.6 Å². The zero-order valence-corrected chi connectivity index (χ0v) is 69.5. The van der Waals surface area contributed by atoms with Crippen LogP contribution in [0.5, 0.6) is 11.5 Å². The highest BCUT2D eigenvalue weighted by Crippen LogP contribution is 2.40. The fraction of sp³-hybridized carbons (Fsp3) is 0.0769. The molecule has 126 heavy (non-hydrogen) atoms. The molecule has 6 aliphatic rings. The molecular formula is C104H85N21O. The molecular weight excluding hydrogens is 1560 g/mol. The van der Waals surface area contributed by atoms with Crippen molar-refractivity contribution in [2.75, 3.05) is 34.7 Å². The molecule has 6 aliphatic heterocycles. The van der Waals surface area contributed by atoms with Gasteiger partial charge in [-0.2, -0.15) is 59.9 Å². The average Bonchev–Trinajstić information content (AvgIpc) is 0.739. The summed E-state index contributed by atoms with van der Waals surface area (Å²) >= 11 is 0. The first-order valence-corrected chi connectivity index (χ1v) is 42.0. The van der Waals surface area contributed by atoms with Crippen LogP contribution in [-0.4, -0.2) is 81.3 Å². The van der Waals surface area contributed by atoms with E-state index in [1.807, 2.05) is 369 Å². The molecule has 14 aromatic rings. The Labute approximate surface area is 731 Å².